The van der Waals surface area contributed by atoms with E-state index in [2.05, 4.69) is 32.9 Å². The van der Waals surface area contributed by atoms with Crippen molar-refractivity contribution in [3.8, 4) is 5.75 Å². The third kappa shape index (κ3) is 3.14. The van der Waals surface area contributed by atoms with E-state index in [4.69, 9.17) is 0 Å². The lowest BCUT2D eigenvalue weighted by Crippen LogP contribution is -2.26. The fourth-order valence-corrected chi connectivity index (χ4v) is 3.08. The lowest BCUT2D eigenvalue weighted by Gasteiger charge is -2.33. The number of carboxylic acids is 1. The molecule has 1 unspecified atom stereocenters. The van der Waals surface area contributed by atoms with Crippen LogP contribution in [0.5, 0.6) is 5.75 Å². The second kappa shape index (κ2) is 6.22. The number of aromatic carboxylic acids is 1. The molecule has 0 saturated carbocycles. The highest BCUT2D eigenvalue weighted by Gasteiger charge is 2.30. The Labute approximate surface area is 131 Å². The second-order valence-corrected chi connectivity index (χ2v) is 6.33. The van der Waals surface area contributed by atoms with E-state index in [1.807, 2.05) is 24.3 Å². The third-order valence-corrected chi connectivity index (χ3v) is 4.09. The Balaban J connectivity index is 2.60. The summed E-state index contributed by atoms with van der Waals surface area (Å²) in [5, 5.41) is 19.0. The number of benzene rings is 2. The predicted octanol–water partition coefficient (Wildman–Crippen LogP) is 4.44. The normalized spacial score (nSPS) is 13.8. The topological polar surface area (TPSA) is 57.5 Å². The highest BCUT2D eigenvalue weighted by molar-refractivity contribution is 5.91. The highest BCUT2D eigenvalue weighted by atomic mass is 16.4. The van der Waals surface area contributed by atoms with Gasteiger partial charge in [0.25, 0.3) is 0 Å². The van der Waals surface area contributed by atoms with Gasteiger partial charge in [-0.25, -0.2) is 4.79 Å². The van der Waals surface area contributed by atoms with Crippen LogP contribution in [0.1, 0.15) is 48.7 Å². The first-order valence-corrected chi connectivity index (χ1v) is 7.47. The summed E-state index contributed by atoms with van der Waals surface area (Å²) in [6, 6.07) is 15.0. The Morgan fingerprint density at radius 1 is 1.09 bits per heavy atom. The molecule has 2 N–H and O–H groups in total. The molecule has 0 bridgehead atoms. The van der Waals surface area contributed by atoms with Crippen LogP contribution in [-0.2, 0) is 5.41 Å². The van der Waals surface area contributed by atoms with E-state index in [0.717, 1.165) is 17.5 Å². The maximum Gasteiger partial charge on any atom is 0.339 e. The summed E-state index contributed by atoms with van der Waals surface area (Å²) in [6.07, 6.45) is 0.890. The molecule has 0 fully saturated rings. The van der Waals surface area contributed by atoms with E-state index >= 15 is 0 Å². The minimum Gasteiger partial charge on any atom is -0.507 e. The van der Waals surface area contributed by atoms with Crippen molar-refractivity contribution in [3.05, 3.63) is 65.2 Å². The lowest BCUT2D eigenvalue weighted by molar-refractivity contribution is 0.0693. The highest BCUT2D eigenvalue weighted by Crippen LogP contribution is 2.39. The molecule has 2 aromatic rings. The Bertz CT molecular complexity index is 662. The van der Waals surface area contributed by atoms with Crippen molar-refractivity contribution < 1.29 is 15.0 Å². The van der Waals surface area contributed by atoms with Gasteiger partial charge in [-0.3, -0.25) is 0 Å². The van der Waals surface area contributed by atoms with Crippen LogP contribution in [0.25, 0.3) is 0 Å². The number of carbonyl (C=O) groups is 1. The second-order valence-electron chi connectivity index (χ2n) is 6.33. The maximum atomic E-state index is 11.3. The molecule has 0 aliphatic heterocycles. The van der Waals surface area contributed by atoms with Gasteiger partial charge in [0.05, 0.1) is 0 Å². The van der Waals surface area contributed by atoms with Crippen LogP contribution >= 0.6 is 0 Å². The molecule has 0 aliphatic carbocycles. The van der Waals surface area contributed by atoms with Crippen molar-refractivity contribution in [1.82, 2.24) is 0 Å². The van der Waals surface area contributed by atoms with Gasteiger partial charge in [-0.15, -0.1) is 0 Å². The van der Waals surface area contributed by atoms with Gasteiger partial charge < -0.3 is 10.2 Å². The van der Waals surface area contributed by atoms with Crippen molar-refractivity contribution in [2.45, 2.75) is 32.6 Å². The fraction of sp³-hybridized carbons (Fsp3) is 0.316. The van der Waals surface area contributed by atoms with E-state index in [0.29, 0.717) is 5.92 Å². The Hall–Kier alpha value is -2.29. The summed E-state index contributed by atoms with van der Waals surface area (Å²) >= 11 is 0. The molecule has 1 atom stereocenters. The van der Waals surface area contributed by atoms with Crippen molar-refractivity contribution in [2.24, 2.45) is 5.92 Å². The van der Waals surface area contributed by atoms with Crippen LogP contribution in [-0.4, -0.2) is 16.2 Å². The molecule has 0 aliphatic rings. The summed E-state index contributed by atoms with van der Waals surface area (Å²) in [5.74, 6) is -0.859. The van der Waals surface area contributed by atoms with E-state index in [-0.39, 0.29) is 16.7 Å². The monoisotopic (exact) mass is 298 g/mol. The van der Waals surface area contributed by atoms with Crippen molar-refractivity contribution in [1.29, 1.82) is 0 Å². The quantitative estimate of drug-likeness (QED) is 0.857. The average molecular weight is 298 g/mol. The average Bonchev–Trinajstić information content (AvgIpc) is 2.47. The first-order chi connectivity index (χ1) is 10.3. The minimum absolute atomic E-state index is 0.0524. The number of aromatic hydroxyl groups is 1. The number of phenols is 1. The Morgan fingerprint density at radius 2 is 1.73 bits per heavy atom. The number of hydrogen-bond acceptors (Lipinski definition) is 2. The van der Waals surface area contributed by atoms with Crippen molar-refractivity contribution in [2.75, 3.05) is 0 Å². The van der Waals surface area contributed by atoms with Crippen LogP contribution in [0, 0.1) is 5.92 Å². The van der Waals surface area contributed by atoms with Crippen LogP contribution in [0.4, 0.5) is 0 Å². The summed E-state index contributed by atoms with van der Waals surface area (Å²) in [4.78, 5) is 11.3. The van der Waals surface area contributed by atoms with E-state index in [1.165, 1.54) is 6.07 Å². The van der Waals surface area contributed by atoms with Gasteiger partial charge in [-0.1, -0.05) is 57.2 Å². The molecule has 22 heavy (non-hydrogen) atoms. The van der Waals surface area contributed by atoms with Crippen molar-refractivity contribution in [3.63, 3.8) is 0 Å². The molecule has 2 aromatic carbocycles. The SMILES string of the molecule is CC(C)CC(C)(c1ccccc1)c1ccc(O)c(C(=O)O)c1. The number of hydrogen-bond donors (Lipinski definition) is 2. The molecule has 3 heteroatoms. The predicted molar refractivity (Wildman–Crippen MR) is 87.4 cm³/mol. The summed E-state index contributed by atoms with van der Waals surface area (Å²) in [6.45, 7) is 6.43. The number of carboxylic acid groups (broad SMARTS) is 1. The maximum absolute atomic E-state index is 11.3. The molecule has 0 aromatic heterocycles. The van der Waals surface area contributed by atoms with E-state index < -0.39 is 5.97 Å². The molecule has 0 heterocycles. The molecule has 2 rings (SSSR count). The van der Waals surface area contributed by atoms with Crippen LogP contribution in [0.2, 0.25) is 0 Å². The minimum atomic E-state index is -1.11. The first kappa shape index (κ1) is 16.1. The van der Waals surface area contributed by atoms with Gasteiger partial charge in [-0.2, -0.15) is 0 Å². The smallest absolute Gasteiger partial charge is 0.339 e. The van der Waals surface area contributed by atoms with Gasteiger partial charge in [0.2, 0.25) is 0 Å². The zero-order valence-electron chi connectivity index (χ0n) is 13.2. The Kier molecular flexibility index (Phi) is 4.55. The molecular formula is C19H22O3. The largest absolute Gasteiger partial charge is 0.507 e. The van der Waals surface area contributed by atoms with Crippen LogP contribution in [0.3, 0.4) is 0 Å². The van der Waals surface area contributed by atoms with Gasteiger partial charge in [0.1, 0.15) is 11.3 Å². The molecule has 0 radical (unpaired) electrons. The molecule has 3 nitrogen and oxygen atoms in total. The summed E-state index contributed by atoms with van der Waals surface area (Å²) in [7, 11) is 0. The van der Waals surface area contributed by atoms with Gasteiger partial charge >= 0.3 is 5.97 Å². The third-order valence-electron chi connectivity index (χ3n) is 4.09. The Morgan fingerprint density at radius 3 is 2.27 bits per heavy atom. The fourth-order valence-electron chi connectivity index (χ4n) is 3.08. The van der Waals surface area contributed by atoms with Gasteiger partial charge in [0, 0.05) is 5.41 Å². The van der Waals surface area contributed by atoms with E-state index in [9.17, 15) is 15.0 Å². The zero-order valence-corrected chi connectivity index (χ0v) is 13.2. The molecule has 116 valence electrons. The molecular weight excluding hydrogens is 276 g/mol. The summed E-state index contributed by atoms with van der Waals surface area (Å²) in [5.41, 5.74) is 1.70. The molecule has 0 saturated heterocycles. The van der Waals surface area contributed by atoms with Gasteiger partial charge in [0.15, 0.2) is 0 Å². The van der Waals surface area contributed by atoms with E-state index in [1.54, 1.807) is 6.07 Å². The summed E-state index contributed by atoms with van der Waals surface area (Å²) < 4.78 is 0. The van der Waals surface area contributed by atoms with Gasteiger partial charge in [-0.05, 0) is 35.6 Å². The van der Waals surface area contributed by atoms with Crippen LogP contribution in [0.15, 0.2) is 48.5 Å². The lowest BCUT2D eigenvalue weighted by atomic mass is 9.71. The molecule has 0 amide bonds. The standard InChI is InChI=1S/C19H22O3/c1-13(2)12-19(3,14-7-5-4-6-8-14)15-9-10-17(20)16(11-15)18(21)22/h4-11,13,20H,12H2,1-3H3,(H,21,22). The first-order valence-electron chi connectivity index (χ1n) is 7.47. The molecule has 0 spiro atoms. The van der Waals surface area contributed by atoms with Crippen molar-refractivity contribution >= 4 is 5.97 Å². The van der Waals surface area contributed by atoms with Crippen LogP contribution < -0.4 is 0 Å². The number of rotatable bonds is 5. The zero-order chi connectivity index (χ0) is 16.3.